The zero-order chi connectivity index (χ0) is 17.2. The van der Waals surface area contributed by atoms with Gasteiger partial charge in [-0.3, -0.25) is 9.59 Å². The quantitative estimate of drug-likeness (QED) is 0.773. The third kappa shape index (κ3) is 3.09. The van der Waals surface area contributed by atoms with Gasteiger partial charge in [-0.15, -0.1) is 10.2 Å². The molecule has 25 heavy (non-hydrogen) atoms. The topological polar surface area (TPSA) is 97.1 Å². The molecule has 4 rings (SSSR count). The van der Waals surface area contributed by atoms with Crippen LogP contribution in [0.25, 0.3) is 0 Å². The van der Waals surface area contributed by atoms with Crippen LogP contribution in [0, 0.1) is 0 Å². The van der Waals surface area contributed by atoms with Crippen molar-refractivity contribution in [2.75, 3.05) is 19.6 Å². The molecule has 1 fully saturated rings. The Kier molecular flexibility index (Phi) is 4.12. The SMILES string of the molecule is O=C1CCCN1Cc1nnc2n1CCN(C(=O)c1ccnnc1)CC2. The van der Waals surface area contributed by atoms with Crippen molar-refractivity contribution < 1.29 is 9.59 Å². The van der Waals surface area contributed by atoms with Crippen LogP contribution in [0.3, 0.4) is 0 Å². The van der Waals surface area contributed by atoms with Crippen molar-refractivity contribution in [3.63, 3.8) is 0 Å². The van der Waals surface area contributed by atoms with E-state index >= 15 is 0 Å². The monoisotopic (exact) mass is 341 g/mol. The van der Waals surface area contributed by atoms with Crippen LogP contribution in [-0.2, 0) is 24.3 Å². The molecule has 2 aromatic heterocycles. The average molecular weight is 341 g/mol. The molecule has 2 aliphatic rings. The Labute approximate surface area is 144 Å². The van der Waals surface area contributed by atoms with Crippen LogP contribution in [0.1, 0.15) is 34.8 Å². The standard InChI is InChI=1S/C16H19N7O2/c24-15-2-1-6-22(15)11-14-20-19-13-4-7-21(8-9-23(13)14)16(25)12-3-5-17-18-10-12/h3,5,10H,1-2,4,6-9,11H2. The van der Waals surface area contributed by atoms with Crippen LogP contribution in [0.2, 0.25) is 0 Å². The van der Waals surface area contributed by atoms with Crippen LogP contribution in [-0.4, -0.2) is 66.2 Å². The van der Waals surface area contributed by atoms with Gasteiger partial charge < -0.3 is 14.4 Å². The summed E-state index contributed by atoms with van der Waals surface area (Å²) >= 11 is 0. The predicted octanol–water partition coefficient (Wildman–Crippen LogP) is -0.111. The summed E-state index contributed by atoms with van der Waals surface area (Å²) in [6.07, 6.45) is 5.17. The molecule has 0 aromatic carbocycles. The van der Waals surface area contributed by atoms with Gasteiger partial charge in [-0.25, -0.2) is 0 Å². The minimum atomic E-state index is -0.0510. The molecule has 0 radical (unpaired) electrons. The largest absolute Gasteiger partial charge is 0.336 e. The number of hydrogen-bond acceptors (Lipinski definition) is 6. The van der Waals surface area contributed by atoms with Crippen molar-refractivity contribution >= 4 is 11.8 Å². The molecular formula is C16H19N7O2. The van der Waals surface area contributed by atoms with Crippen LogP contribution < -0.4 is 0 Å². The first kappa shape index (κ1) is 15.7. The molecule has 4 heterocycles. The smallest absolute Gasteiger partial charge is 0.255 e. The fourth-order valence-electron chi connectivity index (χ4n) is 3.34. The first-order valence-corrected chi connectivity index (χ1v) is 8.47. The van der Waals surface area contributed by atoms with E-state index in [-0.39, 0.29) is 11.8 Å². The molecule has 0 atom stereocenters. The highest BCUT2D eigenvalue weighted by Crippen LogP contribution is 2.16. The van der Waals surface area contributed by atoms with Crippen molar-refractivity contribution in [1.29, 1.82) is 0 Å². The number of rotatable bonds is 3. The Morgan fingerprint density at radius 1 is 1.08 bits per heavy atom. The molecule has 0 aliphatic carbocycles. The predicted molar refractivity (Wildman–Crippen MR) is 86.3 cm³/mol. The Morgan fingerprint density at radius 3 is 2.76 bits per heavy atom. The van der Waals surface area contributed by atoms with E-state index in [2.05, 4.69) is 20.4 Å². The summed E-state index contributed by atoms with van der Waals surface area (Å²) in [6, 6.07) is 1.67. The number of amides is 2. The van der Waals surface area contributed by atoms with E-state index in [0.29, 0.717) is 44.6 Å². The second kappa shape index (κ2) is 6.58. The second-order valence-electron chi connectivity index (χ2n) is 6.28. The molecule has 9 heteroatoms. The maximum absolute atomic E-state index is 12.6. The summed E-state index contributed by atoms with van der Waals surface area (Å²) in [7, 11) is 0. The van der Waals surface area contributed by atoms with Gasteiger partial charge >= 0.3 is 0 Å². The highest BCUT2D eigenvalue weighted by atomic mass is 16.2. The van der Waals surface area contributed by atoms with Crippen LogP contribution >= 0.6 is 0 Å². The van der Waals surface area contributed by atoms with Crippen LogP contribution in [0.4, 0.5) is 0 Å². The second-order valence-corrected chi connectivity index (χ2v) is 6.28. The Hall–Kier alpha value is -2.84. The van der Waals surface area contributed by atoms with Gasteiger partial charge in [0, 0.05) is 39.0 Å². The van der Waals surface area contributed by atoms with E-state index in [4.69, 9.17) is 0 Å². The molecule has 0 saturated carbocycles. The molecule has 2 amide bonds. The van der Waals surface area contributed by atoms with E-state index in [1.165, 1.54) is 12.4 Å². The van der Waals surface area contributed by atoms with Gasteiger partial charge in [0.25, 0.3) is 5.91 Å². The average Bonchev–Trinajstić information content (AvgIpc) is 3.15. The molecule has 0 unspecified atom stereocenters. The number of nitrogens with zero attached hydrogens (tertiary/aromatic N) is 7. The number of likely N-dealkylation sites (tertiary alicyclic amines) is 1. The summed E-state index contributed by atoms with van der Waals surface area (Å²) in [5, 5.41) is 16.0. The fraction of sp³-hybridized carbons (Fsp3) is 0.500. The molecule has 0 spiro atoms. The molecule has 9 nitrogen and oxygen atoms in total. The Balaban J connectivity index is 1.47. The maximum Gasteiger partial charge on any atom is 0.255 e. The zero-order valence-corrected chi connectivity index (χ0v) is 13.8. The van der Waals surface area contributed by atoms with Crippen molar-refractivity contribution in [3.8, 4) is 0 Å². The Morgan fingerprint density at radius 2 is 2.00 bits per heavy atom. The third-order valence-electron chi connectivity index (χ3n) is 4.72. The zero-order valence-electron chi connectivity index (χ0n) is 13.8. The van der Waals surface area contributed by atoms with Gasteiger partial charge in [-0.05, 0) is 12.5 Å². The van der Waals surface area contributed by atoms with Crippen LogP contribution in [0.5, 0.6) is 0 Å². The molecule has 130 valence electrons. The minimum Gasteiger partial charge on any atom is -0.336 e. The van der Waals surface area contributed by atoms with Crippen molar-refractivity contribution in [3.05, 3.63) is 35.7 Å². The fourth-order valence-corrected chi connectivity index (χ4v) is 3.34. The minimum absolute atomic E-state index is 0.0510. The van der Waals surface area contributed by atoms with Gasteiger partial charge in [0.1, 0.15) is 5.82 Å². The summed E-state index contributed by atoms with van der Waals surface area (Å²) in [6.45, 7) is 3.06. The molecule has 2 aliphatic heterocycles. The number of carbonyl (C=O) groups excluding carboxylic acids is 2. The summed E-state index contributed by atoms with van der Waals surface area (Å²) < 4.78 is 2.05. The normalized spacial score (nSPS) is 17.5. The highest BCUT2D eigenvalue weighted by molar-refractivity contribution is 5.93. The lowest BCUT2D eigenvalue weighted by Crippen LogP contribution is -2.34. The van der Waals surface area contributed by atoms with Gasteiger partial charge in [0.2, 0.25) is 5.91 Å². The van der Waals surface area contributed by atoms with Gasteiger partial charge in [0.15, 0.2) is 5.82 Å². The maximum atomic E-state index is 12.6. The van der Waals surface area contributed by atoms with Gasteiger partial charge in [-0.2, -0.15) is 10.2 Å². The van der Waals surface area contributed by atoms with E-state index in [9.17, 15) is 9.59 Å². The molecular weight excluding hydrogens is 322 g/mol. The van der Waals surface area contributed by atoms with Crippen molar-refractivity contribution in [2.45, 2.75) is 32.4 Å². The van der Waals surface area contributed by atoms with E-state index in [1.807, 2.05) is 9.47 Å². The van der Waals surface area contributed by atoms with Gasteiger partial charge in [0.05, 0.1) is 24.5 Å². The van der Waals surface area contributed by atoms with Crippen molar-refractivity contribution in [1.82, 2.24) is 34.8 Å². The number of carbonyl (C=O) groups is 2. The lowest BCUT2D eigenvalue weighted by Gasteiger charge is -2.20. The lowest BCUT2D eigenvalue weighted by molar-refractivity contribution is -0.128. The molecule has 0 N–H and O–H groups in total. The molecule has 1 saturated heterocycles. The van der Waals surface area contributed by atoms with Crippen LogP contribution in [0.15, 0.2) is 18.5 Å². The summed E-state index contributed by atoms with van der Waals surface area (Å²) in [5.74, 6) is 1.78. The first-order valence-electron chi connectivity index (χ1n) is 8.47. The van der Waals surface area contributed by atoms with E-state index in [1.54, 1.807) is 11.0 Å². The third-order valence-corrected chi connectivity index (χ3v) is 4.72. The molecule has 0 bridgehead atoms. The number of hydrogen-bond donors (Lipinski definition) is 0. The van der Waals surface area contributed by atoms with E-state index in [0.717, 1.165) is 24.6 Å². The van der Waals surface area contributed by atoms with E-state index < -0.39 is 0 Å². The number of fused-ring (bicyclic) bond motifs is 1. The van der Waals surface area contributed by atoms with Gasteiger partial charge in [-0.1, -0.05) is 0 Å². The lowest BCUT2D eigenvalue weighted by atomic mass is 10.2. The Bertz CT molecular complexity index is 789. The van der Waals surface area contributed by atoms with Crippen molar-refractivity contribution in [2.24, 2.45) is 0 Å². The number of aromatic nitrogens is 5. The summed E-state index contributed by atoms with van der Waals surface area (Å²) in [4.78, 5) is 28.1. The molecule has 2 aromatic rings. The highest BCUT2D eigenvalue weighted by Gasteiger charge is 2.26. The first-order chi connectivity index (χ1) is 12.2. The summed E-state index contributed by atoms with van der Waals surface area (Å²) in [5.41, 5.74) is 0.538.